The largest absolute Gasteiger partial charge is 0.493 e. The molecule has 2 aromatic carbocycles. The van der Waals surface area contributed by atoms with Crippen molar-refractivity contribution in [3.63, 3.8) is 0 Å². The number of rotatable bonds is 6. The lowest BCUT2D eigenvalue weighted by atomic mass is 10.1. The molecule has 0 radical (unpaired) electrons. The van der Waals surface area contributed by atoms with Crippen LogP contribution in [0.1, 0.15) is 11.1 Å². The van der Waals surface area contributed by atoms with Gasteiger partial charge >= 0.3 is 0 Å². The Balaban J connectivity index is 2.22. The summed E-state index contributed by atoms with van der Waals surface area (Å²) in [5, 5.41) is 9.67. The second-order valence-electron chi connectivity index (χ2n) is 4.82. The number of thiocarbonyl (C=S) groups is 1. The van der Waals surface area contributed by atoms with Crippen molar-refractivity contribution < 1.29 is 9.47 Å². The van der Waals surface area contributed by atoms with E-state index in [0.29, 0.717) is 23.1 Å². The fourth-order valence-electron chi connectivity index (χ4n) is 1.99. The number of nitriles is 1. The van der Waals surface area contributed by atoms with Gasteiger partial charge in [-0.2, -0.15) is 5.26 Å². The van der Waals surface area contributed by atoms with Crippen molar-refractivity contribution in [2.75, 3.05) is 7.11 Å². The molecule has 4 nitrogen and oxygen atoms in total. The molecule has 2 N–H and O–H groups in total. The van der Waals surface area contributed by atoms with Gasteiger partial charge in [-0.25, -0.2) is 0 Å². The van der Waals surface area contributed by atoms with Crippen molar-refractivity contribution in [3.8, 4) is 17.6 Å². The van der Waals surface area contributed by atoms with Gasteiger partial charge in [0, 0.05) is 10.6 Å². The standard InChI is InChI=1S/C18H15ClN2O2S/c1-22-17-9-12(8-14(10-20)18(21)24)6-7-16(17)23-11-13-4-2-3-5-15(13)19/h2-9H,11H2,1H3,(H2,21,24). The van der Waals surface area contributed by atoms with Crippen LogP contribution in [0.15, 0.2) is 48.0 Å². The molecule has 0 saturated heterocycles. The Bertz CT molecular complexity index is 828. The molecule has 24 heavy (non-hydrogen) atoms. The Hall–Kier alpha value is -2.55. The summed E-state index contributed by atoms with van der Waals surface area (Å²) in [4.78, 5) is 0.0514. The SMILES string of the molecule is COc1cc(C=C(C#N)C(N)=S)ccc1OCc1ccccc1Cl. The Morgan fingerprint density at radius 3 is 2.67 bits per heavy atom. The maximum Gasteiger partial charge on any atom is 0.161 e. The first-order valence-electron chi connectivity index (χ1n) is 7.01. The van der Waals surface area contributed by atoms with Crippen LogP contribution in [0.5, 0.6) is 11.5 Å². The highest BCUT2D eigenvalue weighted by molar-refractivity contribution is 7.80. The van der Waals surface area contributed by atoms with E-state index in [9.17, 15) is 0 Å². The number of benzene rings is 2. The smallest absolute Gasteiger partial charge is 0.161 e. The zero-order chi connectivity index (χ0) is 17.5. The molecule has 0 fully saturated rings. The molecule has 122 valence electrons. The van der Waals surface area contributed by atoms with E-state index in [-0.39, 0.29) is 10.6 Å². The Morgan fingerprint density at radius 1 is 1.29 bits per heavy atom. The molecule has 0 unspecified atom stereocenters. The van der Waals surface area contributed by atoms with Gasteiger partial charge in [0.15, 0.2) is 11.5 Å². The summed E-state index contributed by atoms with van der Waals surface area (Å²) in [6.45, 7) is 0.321. The fraction of sp³-hybridized carbons (Fsp3) is 0.111. The van der Waals surface area contributed by atoms with Gasteiger partial charge in [0.05, 0.1) is 12.7 Å². The van der Waals surface area contributed by atoms with Crippen molar-refractivity contribution >= 4 is 34.9 Å². The van der Waals surface area contributed by atoms with Gasteiger partial charge in [-0.1, -0.05) is 48.1 Å². The summed E-state index contributed by atoms with van der Waals surface area (Å²) in [6.07, 6.45) is 1.60. The normalized spacial score (nSPS) is 10.8. The summed E-state index contributed by atoms with van der Waals surface area (Å²) < 4.78 is 11.1. The molecule has 0 saturated carbocycles. The summed E-state index contributed by atoms with van der Waals surface area (Å²) in [5.74, 6) is 1.11. The molecule has 0 aromatic heterocycles. The molecular formula is C18H15ClN2O2S. The van der Waals surface area contributed by atoms with Gasteiger partial charge in [0.2, 0.25) is 0 Å². The Morgan fingerprint density at radius 2 is 2.04 bits per heavy atom. The predicted molar refractivity (Wildman–Crippen MR) is 99.2 cm³/mol. The minimum atomic E-state index is 0.0514. The van der Waals surface area contributed by atoms with Crippen LogP contribution >= 0.6 is 23.8 Å². The second-order valence-corrected chi connectivity index (χ2v) is 5.67. The Labute approximate surface area is 151 Å². The van der Waals surface area contributed by atoms with Crippen molar-refractivity contribution in [2.45, 2.75) is 6.61 Å². The van der Waals surface area contributed by atoms with Gasteiger partial charge in [-0.3, -0.25) is 0 Å². The molecule has 0 aliphatic carbocycles. The number of nitrogens with zero attached hydrogens (tertiary/aromatic N) is 1. The van der Waals surface area contributed by atoms with E-state index in [0.717, 1.165) is 11.1 Å². The van der Waals surface area contributed by atoms with Crippen LogP contribution in [0.4, 0.5) is 0 Å². The summed E-state index contributed by atoms with van der Waals surface area (Å²) in [6, 6.07) is 14.7. The third-order valence-corrected chi connectivity index (χ3v) is 3.81. The molecule has 0 amide bonds. The lowest BCUT2D eigenvalue weighted by molar-refractivity contribution is 0.284. The highest BCUT2D eigenvalue weighted by atomic mass is 35.5. The molecule has 0 spiro atoms. The minimum absolute atomic E-state index is 0.0514. The first-order chi connectivity index (χ1) is 11.5. The average Bonchev–Trinajstić information content (AvgIpc) is 2.59. The number of halogens is 1. The van der Waals surface area contributed by atoms with E-state index in [4.69, 9.17) is 44.3 Å². The second kappa shape index (κ2) is 8.34. The van der Waals surface area contributed by atoms with Crippen molar-refractivity contribution in [3.05, 3.63) is 64.2 Å². The van der Waals surface area contributed by atoms with Crippen LogP contribution in [-0.2, 0) is 6.61 Å². The lowest BCUT2D eigenvalue weighted by Gasteiger charge is -2.12. The summed E-state index contributed by atoms with van der Waals surface area (Å²) >= 11 is 10.9. The molecule has 0 heterocycles. The van der Waals surface area contributed by atoms with Crippen LogP contribution in [0, 0.1) is 11.3 Å². The van der Waals surface area contributed by atoms with Crippen LogP contribution in [0.3, 0.4) is 0 Å². The first-order valence-corrected chi connectivity index (χ1v) is 7.79. The van der Waals surface area contributed by atoms with Gasteiger partial charge in [-0.05, 0) is 29.8 Å². The third kappa shape index (κ3) is 4.48. The number of methoxy groups -OCH3 is 1. The molecule has 2 aromatic rings. The van der Waals surface area contributed by atoms with E-state index < -0.39 is 0 Å². The number of hydrogen-bond donors (Lipinski definition) is 1. The molecule has 0 bridgehead atoms. The summed E-state index contributed by atoms with van der Waals surface area (Å²) in [5.41, 5.74) is 7.34. The topological polar surface area (TPSA) is 68.3 Å². The third-order valence-electron chi connectivity index (χ3n) is 3.23. The average molecular weight is 359 g/mol. The maximum absolute atomic E-state index is 9.02. The molecule has 6 heteroatoms. The first kappa shape index (κ1) is 17.8. The number of hydrogen-bond acceptors (Lipinski definition) is 4. The van der Waals surface area contributed by atoms with Crippen molar-refractivity contribution in [1.29, 1.82) is 5.26 Å². The molecular weight excluding hydrogens is 344 g/mol. The number of ether oxygens (including phenoxy) is 2. The van der Waals surface area contributed by atoms with Gasteiger partial charge in [0.25, 0.3) is 0 Å². The minimum Gasteiger partial charge on any atom is -0.493 e. The lowest BCUT2D eigenvalue weighted by Crippen LogP contribution is -2.09. The van der Waals surface area contributed by atoms with Crippen LogP contribution < -0.4 is 15.2 Å². The van der Waals surface area contributed by atoms with E-state index in [1.54, 1.807) is 31.4 Å². The van der Waals surface area contributed by atoms with E-state index in [1.807, 2.05) is 30.3 Å². The monoisotopic (exact) mass is 358 g/mol. The van der Waals surface area contributed by atoms with Crippen LogP contribution in [-0.4, -0.2) is 12.1 Å². The number of nitrogens with two attached hydrogens (primary N) is 1. The van der Waals surface area contributed by atoms with Crippen molar-refractivity contribution in [1.82, 2.24) is 0 Å². The van der Waals surface area contributed by atoms with Crippen LogP contribution in [0.2, 0.25) is 5.02 Å². The maximum atomic E-state index is 9.02. The molecule has 2 rings (SSSR count). The van der Waals surface area contributed by atoms with Crippen LogP contribution in [0.25, 0.3) is 6.08 Å². The Kier molecular flexibility index (Phi) is 6.19. The molecule has 0 aliphatic heterocycles. The highest BCUT2D eigenvalue weighted by Crippen LogP contribution is 2.30. The fourth-order valence-corrected chi connectivity index (χ4v) is 2.28. The van der Waals surface area contributed by atoms with E-state index in [1.165, 1.54) is 0 Å². The van der Waals surface area contributed by atoms with Gasteiger partial charge < -0.3 is 15.2 Å². The zero-order valence-corrected chi connectivity index (χ0v) is 14.5. The predicted octanol–water partition coefficient (Wildman–Crippen LogP) is 4.12. The quantitative estimate of drug-likeness (QED) is 0.478. The highest BCUT2D eigenvalue weighted by Gasteiger charge is 2.08. The summed E-state index contributed by atoms with van der Waals surface area (Å²) in [7, 11) is 1.55. The molecule has 0 aliphatic rings. The van der Waals surface area contributed by atoms with Crippen molar-refractivity contribution in [2.24, 2.45) is 5.73 Å². The van der Waals surface area contributed by atoms with Gasteiger partial charge in [-0.15, -0.1) is 0 Å². The molecule has 0 atom stereocenters. The van der Waals surface area contributed by atoms with E-state index in [2.05, 4.69) is 0 Å². The van der Waals surface area contributed by atoms with E-state index >= 15 is 0 Å². The van der Waals surface area contributed by atoms with Gasteiger partial charge in [0.1, 0.15) is 17.7 Å². The zero-order valence-electron chi connectivity index (χ0n) is 13.0.